The van der Waals surface area contributed by atoms with Crippen LogP contribution in [0.15, 0.2) is 0 Å². The minimum Gasteiger partial charge on any atom is -0.390 e. The van der Waals surface area contributed by atoms with E-state index in [4.69, 9.17) is 5.73 Å². The zero-order valence-corrected chi connectivity index (χ0v) is 8.67. The van der Waals surface area contributed by atoms with Gasteiger partial charge in [0.05, 0.1) is 5.60 Å². The minimum atomic E-state index is -0.563. The van der Waals surface area contributed by atoms with Crippen molar-refractivity contribution < 1.29 is 5.11 Å². The van der Waals surface area contributed by atoms with E-state index in [9.17, 15) is 5.11 Å². The summed E-state index contributed by atoms with van der Waals surface area (Å²) < 4.78 is 0. The zero-order chi connectivity index (χ0) is 9.78. The molecule has 0 aliphatic rings. The Morgan fingerprint density at radius 3 is 2.33 bits per heavy atom. The molecule has 3 heteroatoms. The molecule has 0 aromatic rings. The largest absolute Gasteiger partial charge is 0.390 e. The topological polar surface area (TPSA) is 49.5 Å². The third-order valence-corrected chi connectivity index (χ3v) is 1.70. The second-order valence-corrected chi connectivity index (χ2v) is 4.30. The Bertz CT molecular complexity index is 118. The molecular weight excluding hydrogens is 152 g/mol. The first kappa shape index (κ1) is 11.9. The van der Waals surface area contributed by atoms with E-state index in [1.807, 2.05) is 27.8 Å². The van der Waals surface area contributed by atoms with Gasteiger partial charge < -0.3 is 15.7 Å². The van der Waals surface area contributed by atoms with Crippen LogP contribution in [-0.4, -0.2) is 41.8 Å². The standard InChI is InChI=1S/C9H22N2O/c1-8(10)7-11(4)6-5-9(2,3)12/h8,12H,5-7,10H2,1-4H3. The maximum atomic E-state index is 9.44. The van der Waals surface area contributed by atoms with E-state index in [1.165, 1.54) is 0 Å². The molecule has 1 unspecified atom stereocenters. The molecule has 1 atom stereocenters. The molecule has 74 valence electrons. The SMILES string of the molecule is CC(N)CN(C)CCC(C)(C)O. The van der Waals surface area contributed by atoms with Gasteiger partial charge in [-0.25, -0.2) is 0 Å². The summed E-state index contributed by atoms with van der Waals surface area (Å²) in [6.07, 6.45) is 0.788. The van der Waals surface area contributed by atoms with Gasteiger partial charge >= 0.3 is 0 Å². The molecule has 3 nitrogen and oxygen atoms in total. The Labute approximate surface area is 75.6 Å². The fourth-order valence-corrected chi connectivity index (χ4v) is 1.05. The number of aliphatic hydroxyl groups is 1. The highest BCUT2D eigenvalue weighted by Crippen LogP contribution is 2.07. The van der Waals surface area contributed by atoms with Gasteiger partial charge in [0.25, 0.3) is 0 Å². The quantitative estimate of drug-likeness (QED) is 0.635. The van der Waals surface area contributed by atoms with Gasteiger partial charge in [-0.15, -0.1) is 0 Å². The van der Waals surface area contributed by atoms with Crippen LogP contribution < -0.4 is 5.73 Å². The van der Waals surface area contributed by atoms with Crippen molar-refractivity contribution in [2.24, 2.45) is 5.73 Å². The number of nitrogens with two attached hydrogens (primary N) is 1. The van der Waals surface area contributed by atoms with Crippen molar-refractivity contribution in [1.82, 2.24) is 4.90 Å². The van der Waals surface area contributed by atoms with Crippen molar-refractivity contribution >= 4 is 0 Å². The normalized spacial score (nSPS) is 15.2. The summed E-state index contributed by atoms with van der Waals surface area (Å²) in [5, 5.41) is 9.44. The number of hydrogen-bond donors (Lipinski definition) is 2. The summed E-state index contributed by atoms with van der Waals surface area (Å²) in [5.41, 5.74) is 5.07. The van der Waals surface area contributed by atoms with Crippen LogP contribution in [0, 0.1) is 0 Å². The Kier molecular flexibility index (Phi) is 4.75. The van der Waals surface area contributed by atoms with Crippen LogP contribution in [0.2, 0.25) is 0 Å². The Balaban J connectivity index is 3.51. The highest BCUT2D eigenvalue weighted by atomic mass is 16.3. The van der Waals surface area contributed by atoms with E-state index < -0.39 is 5.60 Å². The van der Waals surface area contributed by atoms with Gasteiger partial charge in [0.15, 0.2) is 0 Å². The highest BCUT2D eigenvalue weighted by molar-refractivity contribution is 4.68. The molecule has 0 saturated carbocycles. The van der Waals surface area contributed by atoms with Crippen LogP contribution in [0.5, 0.6) is 0 Å². The molecule has 0 aliphatic heterocycles. The molecule has 0 aliphatic carbocycles. The van der Waals surface area contributed by atoms with Crippen molar-refractivity contribution in [2.75, 3.05) is 20.1 Å². The first-order valence-electron chi connectivity index (χ1n) is 4.48. The maximum absolute atomic E-state index is 9.44. The van der Waals surface area contributed by atoms with Crippen LogP contribution in [-0.2, 0) is 0 Å². The van der Waals surface area contributed by atoms with E-state index in [0.717, 1.165) is 19.5 Å². The van der Waals surface area contributed by atoms with Crippen LogP contribution in [0.3, 0.4) is 0 Å². The molecule has 0 amide bonds. The second kappa shape index (κ2) is 4.80. The first-order chi connectivity index (χ1) is 5.31. The third kappa shape index (κ3) is 7.98. The van der Waals surface area contributed by atoms with Gasteiger partial charge in [-0.1, -0.05) is 0 Å². The molecule has 0 rings (SSSR count). The first-order valence-corrected chi connectivity index (χ1v) is 4.48. The van der Waals surface area contributed by atoms with E-state index >= 15 is 0 Å². The van der Waals surface area contributed by atoms with Gasteiger partial charge in [0.2, 0.25) is 0 Å². The van der Waals surface area contributed by atoms with Crippen molar-refractivity contribution in [3.8, 4) is 0 Å². The summed E-state index contributed by atoms with van der Waals surface area (Å²) in [4.78, 5) is 2.14. The summed E-state index contributed by atoms with van der Waals surface area (Å²) >= 11 is 0. The second-order valence-electron chi connectivity index (χ2n) is 4.30. The smallest absolute Gasteiger partial charge is 0.0603 e. The van der Waals surface area contributed by atoms with Gasteiger partial charge in [0, 0.05) is 19.1 Å². The Morgan fingerprint density at radius 1 is 1.50 bits per heavy atom. The molecule has 0 aromatic carbocycles. The average molecular weight is 174 g/mol. The molecule has 0 spiro atoms. The lowest BCUT2D eigenvalue weighted by atomic mass is 10.1. The van der Waals surface area contributed by atoms with E-state index in [0.29, 0.717) is 0 Å². The molecule has 0 radical (unpaired) electrons. The Hall–Kier alpha value is -0.120. The summed E-state index contributed by atoms with van der Waals surface area (Å²) in [6.45, 7) is 7.42. The number of rotatable bonds is 5. The van der Waals surface area contributed by atoms with Crippen molar-refractivity contribution in [2.45, 2.75) is 38.8 Å². The summed E-state index contributed by atoms with van der Waals surface area (Å²) in [6, 6.07) is 0.205. The molecule has 0 saturated heterocycles. The molecule has 0 fully saturated rings. The lowest BCUT2D eigenvalue weighted by Gasteiger charge is -2.23. The zero-order valence-electron chi connectivity index (χ0n) is 8.67. The molecule has 0 heterocycles. The van der Waals surface area contributed by atoms with Crippen LogP contribution >= 0.6 is 0 Å². The molecule has 0 bridgehead atoms. The molecule has 12 heavy (non-hydrogen) atoms. The van der Waals surface area contributed by atoms with Gasteiger partial charge in [-0.2, -0.15) is 0 Å². The molecule has 0 aromatic heterocycles. The predicted molar refractivity (Wildman–Crippen MR) is 52.1 cm³/mol. The third-order valence-electron chi connectivity index (χ3n) is 1.70. The number of nitrogens with zero attached hydrogens (tertiary/aromatic N) is 1. The minimum absolute atomic E-state index is 0.205. The van der Waals surface area contributed by atoms with Gasteiger partial charge in [-0.3, -0.25) is 0 Å². The van der Waals surface area contributed by atoms with Gasteiger partial charge in [0.1, 0.15) is 0 Å². The monoisotopic (exact) mass is 174 g/mol. The predicted octanol–water partition coefficient (Wildman–Crippen LogP) is 0.426. The number of likely N-dealkylation sites (N-methyl/N-ethyl adjacent to an activating group) is 1. The van der Waals surface area contributed by atoms with Crippen LogP contribution in [0.1, 0.15) is 27.2 Å². The van der Waals surface area contributed by atoms with Gasteiger partial charge in [-0.05, 0) is 34.2 Å². The van der Waals surface area contributed by atoms with E-state index in [1.54, 1.807) is 0 Å². The fourth-order valence-electron chi connectivity index (χ4n) is 1.05. The van der Waals surface area contributed by atoms with Crippen molar-refractivity contribution in [1.29, 1.82) is 0 Å². The van der Waals surface area contributed by atoms with Crippen LogP contribution in [0.25, 0.3) is 0 Å². The summed E-state index contributed by atoms with van der Waals surface area (Å²) in [5.74, 6) is 0. The number of hydrogen-bond acceptors (Lipinski definition) is 3. The van der Waals surface area contributed by atoms with E-state index in [2.05, 4.69) is 4.90 Å². The molecule has 3 N–H and O–H groups in total. The lowest BCUT2D eigenvalue weighted by Crippen LogP contribution is -2.36. The van der Waals surface area contributed by atoms with Crippen molar-refractivity contribution in [3.05, 3.63) is 0 Å². The lowest BCUT2D eigenvalue weighted by molar-refractivity contribution is 0.0603. The highest BCUT2D eigenvalue weighted by Gasteiger charge is 2.13. The average Bonchev–Trinajstić information content (AvgIpc) is 1.80. The van der Waals surface area contributed by atoms with Crippen molar-refractivity contribution in [3.63, 3.8) is 0 Å². The molecular formula is C9H22N2O. The van der Waals surface area contributed by atoms with Crippen LogP contribution in [0.4, 0.5) is 0 Å². The Morgan fingerprint density at radius 2 is 2.00 bits per heavy atom. The maximum Gasteiger partial charge on any atom is 0.0603 e. The van der Waals surface area contributed by atoms with E-state index in [-0.39, 0.29) is 6.04 Å². The fraction of sp³-hybridized carbons (Fsp3) is 1.00. The summed E-state index contributed by atoms with van der Waals surface area (Å²) in [7, 11) is 2.02.